The van der Waals surface area contributed by atoms with Gasteiger partial charge < -0.3 is 16.0 Å². The van der Waals surface area contributed by atoms with Crippen LogP contribution in [0.5, 0.6) is 0 Å². The number of benzene rings is 1. The number of halogens is 1. The molecule has 0 saturated carbocycles. The maximum absolute atomic E-state index is 13.4. The van der Waals surface area contributed by atoms with Crippen molar-refractivity contribution in [3.05, 3.63) is 65.9 Å². The van der Waals surface area contributed by atoms with Crippen molar-refractivity contribution >= 4 is 34.9 Å². The molecule has 0 spiro atoms. The zero-order chi connectivity index (χ0) is 20.2. The molecule has 0 amide bonds. The zero-order valence-corrected chi connectivity index (χ0v) is 17.0. The van der Waals surface area contributed by atoms with Crippen LogP contribution in [0.3, 0.4) is 0 Å². The van der Waals surface area contributed by atoms with Crippen LogP contribution in [0.2, 0.25) is 0 Å². The van der Waals surface area contributed by atoms with Crippen molar-refractivity contribution in [1.29, 1.82) is 0 Å². The van der Waals surface area contributed by atoms with Gasteiger partial charge in [0.25, 0.3) is 0 Å². The average molecular weight is 411 g/mol. The van der Waals surface area contributed by atoms with E-state index in [4.69, 9.17) is 5.73 Å². The number of nitrogen functional groups attached to an aromatic ring is 1. The summed E-state index contributed by atoms with van der Waals surface area (Å²) in [5, 5.41) is 3.19. The van der Waals surface area contributed by atoms with Crippen LogP contribution in [-0.4, -0.2) is 39.5 Å². The molecule has 29 heavy (non-hydrogen) atoms. The van der Waals surface area contributed by atoms with Crippen molar-refractivity contribution in [1.82, 2.24) is 15.0 Å². The Kier molecular flexibility index (Phi) is 5.80. The highest BCUT2D eigenvalue weighted by atomic mass is 32.2. The van der Waals surface area contributed by atoms with Gasteiger partial charge in [-0.2, -0.15) is 11.8 Å². The van der Waals surface area contributed by atoms with Crippen LogP contribution in [0.15, 0.2) is 48.9 Å². The van der Waals surface area contributed by atoms with Gasteiger partial charge in [-0.3, -0.25) is 4.98 Å². The molecule has 8 heteroatoms. The lowest BCUT2D eigenvalue weighted by atomic mass is 9.91. The highest BCUT2D eigenvalue weighted by Gasteiger charge is 2.23. The first kappa shape index (κ1) is 19.4. The van der Waals surface area contributed by atoms with Gasteiger partial charge in [-0.05, 0) is 17.7 Å². The number of hydrogen-bond donors (Lipinski definition) is 2. The third-order valence-electron chi connectivity index (χ3n) is 5.04. The molecule has 6 nitrogen and oxygen atoms in total. The van der Waals surface area contributed by atoms with Gasteiger partial charge in [0.2, 0.25) is 0 Å². The molecule has 1 fully saturated rings. The summed E-state index contributed by atoms with van der Waals surface area (Å²) in [4.78, 5) is 15.3. The molecule has 1 unspecified atom stereocenters. The molecule has 1 aromatic carbocycles. The number of aromatic nitrogens is 3. The van der Waals surface area contributed by atoms with E-state index in [1.807, 2.05) is 17.8 Å². The first-order valence-corrected chi connectivity index (χ1v) is 10.7. The van der Waals surface area contributed by atoms with Crippen LogP contribution in [0.25, 0.3) is 0 Å². The molecular formula is C21H23FN6S. The minimum Gasteiger partial charge on any atom is -0.383 e. The molecule has 0 aliphatic carbocycles. The molecule has 150 valence electrons. The van der Waals surface area contributed by atoms with E-state index in [2.05, 4.69) is 32.1 Å². The van der Waals surface area contributed by atoms with Gasteiger partial charge in [-0.1, -0.05) is 19.1 Å². The van der Waals surface area contributed by atoms with Crippen molar-refractivity contribution in [2.24, 2.45) is 0 Å². The molecule has 0 bridgehead atoms. The Balaban J connectivity index is 1.75. The SMILES string of the molecule is CC(c1ccc(F)cc1)c1c(N2CCSCC2)cc(Nc2cnccn2)nc1N. The number of hydrogen-bond acceptors (Lipinski definition) is 7. The van der Waals surface area contributed by atoms with Gasteiger partial charge in [0.15, 0.2) is 0 Å². The van der Waals surface area contributed by atoms with Crippen molar-refractivity contribution in [2.45, 2.75) is 12.8 Å². The van der Waals surface area contributed by atoms with Crippen LogP contribution in [0.1, 0.15) is 24.0 Å². The Morgan fingerprint density at radius 2 is 1.90 bits per heavy atom. The summed E-state index contributed by atoms with van der Waals surface area (Å²) in [5.74, 6) is 3.58. The maximum Gasteiger partial charge on any atom is 0.150 e. The molecule has 3 N–H and O–H groups in total. The number of thioether (sulfide) groups is 1. The molecule has 3 aromatic rings. The minimum atomic E-state index is -0.246. The molecule has 1 saturated heterocycles. The fraction of sp³-hybridized carbons (Fsp3) is 0.286. The van der Waals surface area contributed by atoms with Crippen molar-refractivity contribution in [3.8, 4) is 0 Å². The van der Waals surface area contributed by atoms with Crippen molar-refractivity contribution in [2.75, 3.05) is 40.5 Å². The van der Waals surface area contributed by atoms with Gasteiger partial charge >= 0.3 is 0 Å². The number of nitrogens with zero attached hydrogens (tertiary/aromatic N) is 4. The predicted octanol–water partition coefficient (Wildman–Crippen LogP) is 4.04. The van der Waals surface area contributed by atoms with Gasteiger partial charge in [0.05, 0.1) is 6.20 Å². The Morgan fingerprint density at radius 1 is 1.14 bits per heavy atom. The number of anilines is 4. The number of nitrogens with two attached hydrogens (primary N) is 1. The monoisotopic (exact) mass is 410 g/mol. The van der Waals surface area contributed by atoms with E-state index in [1.54, 1.807) is 30.7 Å². The summed E-state index contributed by atoms with van der Waals surface area (Å²) in [5.41, 5.74) is 9.48. The van der Waals surface area contributed by atoms with Gasteiger partial charge in [0, 0.05) is 60.2 Å². The van der Waals surface area contributed by atoms with Crippen LogP contribution in [0, 0.1) is 5.82 Å². The second-order valence-electron chi connectivity index (χ2n) is 6.91. The van der Waals surface area contributed by atoms with E-state index < -0.39 is 0 Å². The zero-order valence-electron chi connectivity index (χ0n) is 16.2. The van der Waals surface area contributed by atoms with Crippen molar-refractivity contribution in [3.63, 3.8) is 0 Å². The largest absolute Gasteiger partial charge is 0.383 e. The number of nitrogens with one attached hydrogen (secondary N) is 1. The topological polar surface area (TPSA) is 80.0 Å². The minimum absolute atomic E-state index is 0.0155. The van der Waals surface area contributed by atoms with Crippen LogP contribution >= 0.6 is 11.8 Å². The number of rotatable bonds is 5. The molecule has 4 rings (SSSR count). The highest BCUT2D eigenvalue weighted by molar-refractivity contribution is 7.99. The normalized spacial score (nSPS) is 15.2. The summed E-state index contributed by atoms with van der Waals surface area (Å²) in [6.07, 6.45) is 4.89. The Bertz CT molecular complexity index is 961. The summed E-state index contributed by atoms with van der Waals surface area (Å²) in [7, 11) is 0. The maximum atomic E-state index is 13.4. The van der Waals surface area contributed by atoms with Gasteiger partial charge in [0.1, 0.15) is 23.3 Å². The third kappa shape index (κ3) is 4.42. The fourth-order valence-corrected chi connectivity index (χ4v) is 4.45. The fourth-order valence-electron chi connectivity index (χ4n) is 3.55. The molecule has 1 atom stereocenters. The van der Waals surface area contributed by atoms with E-state index in [0.29, 0.717) is 17.5 Å². The third-order valence-corrected chi connectivity index (χ3v) is 5.98. The van der Waals surface area contributed by atoms with E-state index in [9.17, 15) is 4.39 Å². The summed E-state index contributed by atoms with van der Waals surface area (Å²) < 4.78 is 13.4. The van der Waals surface area contributed by atoms with Crippen molar-refractivity contribution < 1.29 is 4.39 Å². The molecular weight excluding hydrogens is 387 g/mol. The lowest BCUT2D eigenvalue weighted by Crippen LogP contribution is -2.33. The van der Waals surface area contributed by atoms with Crippen LogP contribution < -0.4 is 16.0 Å². The smallest absolute Gasteiger partial charge is 0.150 e. The Morgan fingerprint density at radius 3 is 2.59 bits per heavy atom. The first-order chi connectivity index (χ1) is 14.1. The highest BCUT2D eigenvalue weighted by Crippen LogP contribution is 2.38. The van der Waals surface area contributed by atoms with E-state index in [0.717, 1.165) is 41.4 Å². The summed E-state index contributed by atoms with van der Waals surface area (Å²) in [6, 6.07) is 8.60. The van der Waals surface area contributed by atoms with E-state index in [-0.39, 0.29) is 11.7 Å². The molecule has 2 aromatic heterocycles. The predicted molar refractivity (Wildman–Crippen MR) is 117 cm³/mol. The molecule has 1 aliphatic rings. The molecule has 0 radical (unpaired) electrons. The second-order valence-corrected chi connectivity index (χ2v) is 8.14. The quantitative estimate of drug-likeness (QED) is 0.657. The van der Waals surface area contributed by atoms with Gasteiger partial charge in [-0.25, -0.2) is 14.4 Å². The van der Waals surface area contributed by atoms with Crippen LogP contribution in [0.4, 0.5) is 27.5 Å². The molecule has 1 aliphatic heterocycles. The Hall–Kier alpha value is -2.87. The first-order valence-electron chi connectivity index (χ1n) is 9.53. The summed E-state index contributed by atoms with van der Waals surface area (Å²) in [6.45, 7) is 3.97. The van der Waals surface area contributed by atoms with Gasteiger partial charge in [-0.15, -0.1) is 0 Å². The van der Waals surface area contributed by atoms with E-state index >= 15 is 0 Å². The molecule has 3 heterocycles. The average Bonchev–Trinajstić information content (AvgIpc) is 2.75. The Labute approximate surface area is 173 Å². The van der Waals surface area contributed by atoms with E-state index in [1.165, 1.54) is 12.1 Å². The lowest BCUT2D eigenvalue weighted by molar-refractivity contribution is 0.626. The van der Waals surface area contributed by atoms with Crippen LogP contribution in [-0.2, 0) is 0 Å². The number of pyridine rings is 1. The standard InChI is InChI=1S/C21H23FN6S/c1-14(15-2-4-16(22)5-3-15)20-17(28-8-10-29-11-9-28)12-18(27-21(20)23)26-19-13-24-6-7-25-19/h2-7,12-14H,8-11H2,1H3,(H3,23,25,26,27). The lowest BCUT2D eigenvalue weighted by Gasteiger charge is -2.32. The second kappa shape index (κ2) is 8.65. The summed E-state index contributed by atoms with van der Waals surface area (Å²) >= 11 is 1.95.